The Morgan fingerprint density at radius 2 is 1.63 bits per heavy atom. The van der Waals surface area contributed by atoms with Crippen molar-refractivity contribution < 1.29 is 27.5 Å². The molecule has 27 heavy (non-hydrogen) atoms. The number of hydrogen-bond donors (Lipinski definition) is 1. The van der Waals surface area contributed by atoms with Crippen LogP contribution in [-0.4, -0.2) is 46.8 Å². The van der Waals surface area contributed by atoms with Gasteiger partial charge in [0.25, 0.3) is 5.91 Å². The molecule has 0 atom stereocenters. The van der Waals surface area contributed by atoms with Crippen molar-refractivity contribution in [2.24, 2.45) is 0 Å². The molecule has 2 aromatic rings. The first kappa shape index (κ1) is 20.4. The molecule has 1 N–H and O–H groups in total. The van der Waals surface area contributed by atoms with Crippen LogP contribution in [0.1, 0.15) is 15.9 Å². The minimum absolute atomic E-state index is 0.107. The van der Waals surface area contributed by atoms with Crippen LogP contribution in [-0.2, 0) is 25.8 Å². The molecule has 0 aromatic heterocycles. The first-order valence-corrected chi connectivity index (χ1v) is 10.1. The van der Waals surface area contributed by atoms with Gasteiger partial charge in [-0.25, -0.2) is 13.2 Å². The fourth-order valence-electron chi connectivity index (χ4n) is 2.24. The van der Waals surface area contributed by atoms with Gasteiger partial charge in [-0.05, 0) is 48.4 Å². The highest BCUT2D eigenvalue weighted by Gasteiger charge is 2.12. The molecular weight excluding hydrogens is 370 g/mol. The summed E-state index contributed by atoms with van der Waals surface area (Å²) in [5.74, 6) is -0.343. The molecule has 0 aliphatic carbocycles. The van der Waals surface area contributed by atoms with Gasteiger partial charge < -0.3 is 14.8 Å². The van der Waals surface area contributed by atoms with Crippen LogP contribution in [0, 0.1) is 0 Å². The molecule has 0 radical (unpaired) electrons. The van der Waals surface area contributed by atoms with E-state index < -0.39 is 28.3 Å². The second-order valence-corrected chi connectivity index (χ2v) is 7.84. The van der Waals surface area contributed by atoms with Crippen molar-refractivity contribution in [3.63, 3.8) is 0 Å². The van der Waals surface area contributed by atoms with Gasteiger partial charge in [0, 0.05) is 12.8 Å². The summed E-state index contributed by atoms with van der Waals surface area (Å²) in [7, 11) is -1.74. The molecule has 8 heteroatoms. The van der Waals surface area contributed by atoms with Crippen molar-refractivity contribution in [3.8, 4) is 5.75 Å². The van der Waals surface area contributed by atoms with E-state index >= 15 is 0 Å². The summed E-state index contributed by atoms with van der Waals surface area (Å²) in [4.78, 5) is 23.8. The lowest BCUT2D eigenvalue weighted by atomic mass is 10.1. The fourth-order valence-corrected chi connectivity index (χ4v) is 2.87. The van der Waals surface area contributed by atoms with E-state index in [1.54, 1.807) is 7.11 Å². The van der Waals surface area contributed by atoms with Gasteiger partial charge in [0.2, 0.25) is 0 Å². The number of sulfone groups is 1. The first-order valence-electron chi connectivity index (χ1n) is 8.16. The van der Waals surface area contributed by atoms with Crippen LogP contribution in [0.2, 0.25) is 0 Å². The highest BCUT2D eigenvalue weighted by Crippen LogP contribution is 2.12. The molecule has 2 aromatic carbocycles. The van der Waals surface area contributed by atoms with E-state index in [1.807, 2.05) is 24.3 Å². The summed E-state index contributed by atoms with van der Waals surface area (Å²) in [5, 5.41) is 2.67. The maximum Gasteiger partial charge on any atom is 0.338 e. The summed E-state index contributed by atoms with van der Waals surface area (Å²) in [5.41, 5.74) is 1.22. The molecule has 0 fully saturated rings. The van der Waals surface area contributed by atoms with Crippen LogP contribution >= 0.6 is 0 Å². The number of carbonyl (C=O) groups excluding carboxylic acids is 2. The number of benzene rings is 2. The van der Waals surface area contributed by atoms with Gasteiger partial charge in [-0.2, -0.15) is 0 Å². The van der Waals surface area contributed by atoms with Crippen molar-refractivity contribution in [2.45, 2.75) is 11.3 Å². The molecule has 7 nitrogen and oxygen atoms in total. The molecule has 0 bridgehead atoms. The lowest BCUT2D eigenvalue weighted by Gasteiger charge is -2.07. The van der Waals surface area contributed by atoms with Crippen molar-refractivity contribution >= 4 is 21.7 Å². The van der Waals surface area contributed by atoms with Crippen LogP contribution in [0.4, 0.5) is 0 Å². The van der Waals surface area contributed by atoms with Gasteiger partial charge in [0.1, 0.15) is 5.75 Å². The molecule has 144 valence electrons. The molecular formula is C19H21NO6S. The zero-order valence-electron chi connectivity index (χ0n) is 15.1. The number of methoxy groups -OCH3 is 1. The third-order valence-electron chi connectivity index (χ3n) is 3.75. The largest absolute Gasteiger partial charge is 0.497 e. The molecule has 0 aliphatic rings. The number of carbonyl (C=O) groups is 2. The van der Waals surface area contributed by atoms with E-state index in [0.29, 0.717) is 13.0 Å². The average molecular weight is 391 g/mol. The number of esters is 1. The van der Waals surface area contributed by atoms with Crippen LogP contribution < -0.4 is 10.1 Å². The summed E-state index contributed by atoms with van der Waals surface area (Å²) in [6, 6.07) is 12.8. The Balaban J connectivity index is 1.75. The third kappa shape index (κ3) is 6.41. The zero-order chi connectivity index (χ0) is 19.9. The Morgan fingerprint density at radius 3 is 2.19 bits per heavy atom. The first-order chi connectivity index (χ1) is 12.8. The Morgan fingerprint density at radius 1 is 1.00 bits per heavy atom. The van der Waals surface area contributed by atoms with Crippen LogP contribution in [0.5, 0.6) is 5.75 Å². The second-order valence-electron chi connectivity index (χ2n) is 5.82. The van der Waals surface area contributed by atoms with E-state index in [2.05, 4.69) is 5.32 Å². The standard InChI is InChI=1S/C19H21NO6S/c1-25-16-7-3-14(4-8-16)11-12-20-18(21)13-26-19(22)15-5-9-17(10-6-15)27(2,23)24/h3-10H,11-13H2,1-2H3,(H,20,21). The molecule has 0 unspecified atom stereocenters. The van der Waals surface area contributed by atoms with E-state index in [4.69, 9.17) is 9.47 Å². The maximum absolute atomic E-state index is 11.9. The van der Waals surface area contributed by atoms with Crippen LogP contribution in [0.3, 0.4) is 0 Å². The van der Waals surface area contributed by atoms with Crippen molar-refractivity contribution in [3.05, 3.63) is 59.7 Å². The Hall–Kier alpha value is -2.87. The molecule has 0 aliphatic heterocycles. The molecule has 0 saturated carbocycles. The SMILES string of the molecule is COc1ccc(CCNC(=O)COC(=O)c2ccc(S(C)(=O)=O)cc2)cc1. The average Bonchev–Trinajstić information content (AvgIpc) is 2.66. The second kappa shape index (κ2) is 9.18. The van der Waals surface area contributed by atoms with Gasteiger partial charge >= 0.3 is 5.97 Å². The van der Waals surface area contributed by atoms with Crippen LogP contribution in [0.25, 0.3) is 0 Å². The molecule has 0 heterocycles. The Labute approximate surface area is 158 Å². The molecule has 1 amide bonds. The number of nitrogens with one attached hydrogen (secondary N) is 1. The highest BCUT2D eigenvalue weighted by molar-refractivity contribution is 7.90. The van der Waals surface area contributed by atoms with Gasteiger partial charge in [-0.3, -0.25) is 4.79 Å². The van der Waals surface area contributed by atoms with E-state index in [1.165, 1.54) is 24.3 Å². The quantitative estimate of drug-likeness (QED) is 0.687. The summed E-state index contributed by atoms with van der Waals surface area (Å²) in [6.07, 6.45) is 1.72. The smallest absolute Gasteiger partial charge is 0.338 e. The fraction of sp³-hybridized carbons (Fsp3) is 0.263. The van der Waals surface area contributed by atoms with Crippen LogP contribution in [0.15, 0.2) is 53.4 Å². The van der Waals surface area contributed by atoms with Gasteiger partial charge in [-0.1, -0.05) is 12.1 Å². The Bertz CT molecular complexity index is 889. The zero-order valence-corrected chi connectivity index (χ0v) is 15.9. The van der Waals surface area contributed by atoms with E-state index in [9.17, 15) is 18.0 Å². The number of rotatable bonds is 8. The molecule has 2 rings (SSSR count). The van der Waals surface area contributed by atoms with Crippen molar-refractivity contribution in [1.82, 2.24) is 5.32 Å². The predicted octanol–water partition coefficient (Wildman–Crippen LogP) is 1.61. The number of ether oxygens (including phenoxy) is 2. The Kier molecular flexibility index (Phi) is 6.95. The number of amides is 1. The predicted molar refractivity (Wildman–Crippen MR) is 99.5 cm³/mol. The van der Waals surface area contributed by atoms with Gasteiger partial charge in [0.05, 0.1) is 17.6 Å². The number of hydrogen-bond acceptors (Lipinski definition) is 6. The normalized spacial score (nSPS) is 10.9. The summed E-state index contributed by atoms with van der Waals surface area (Å²) < 4.78 is 32.8. The highest BCUT2D eigenvalue weighted by atomic mass is 32.2. The topological polar surface area (TPSA) is 98.8 Å². The van der Waals surface area contributed by atoms with Crippen molar-refractivity contribution in [2.75, 3.05) is 26.5 Å². The lowest BCUT2D eigenvalue weighted by Crippen LogP contribution is -2.30. The summed E-state index contributed by atoms with van der Waals surface area (Å²) in [6.45, 7) is 0.00103. The molecule has 0 saturated heterocycles. The monoisotopic (exact) mass is 391 g/mol. The van der Waals surface area contributed by atoms with Gasteiger partial charge in [-0.15, -0.1) is 0 Å². The minimum Gasteiger partial charge on any atom is -0.497 e. The van der Waals surface area contributed by atoms with Crippen molar-refractivity contribution in [1.29, 1.82) is 0 Å². The molecule has 0 spiro atoms. The minimum atomic E-state index is -3.33. The summed E-state index contributed by atoms with van der Waals surface area (Å²) >= 11 is 0. The van der Waals surface area contributed by atoms with E-state index in [-0.39, 0.29) is 10.5 Å². The maximum atomic E-state index is 11.9. The third-order valence-corrected chi connectivity index (χ3v) is 4.88. The lowest BCUT2D eigenvalue weighted by molar-refractivity contribution is -0.124. The van der Waals surface area contributed by atoms with Gasteiger partial charge in [0.15, 0.2) is 16.4 Å². The van der Waals surface area contributed by atoms with E-state index in [0.717, 1.165) is 17.6 Å².